The van der Waals surface area contributed by atoms with Crippen LogP contribution in [0.3, 0.4) is 0 Å². The molecule has 9 heteroatoms. The first-order valence-corrected chi connectivity index (χ1v) is 10.7. The maximum atomic E-state index is 13.7. The van der Waals surface area contributed by atoms with Crippen LogP contribution in [0.2, 0.25) is 10.0 Å². The van der Waals surface area contributed by atoms with Crippen LogP contribution in [-0.4, -0.2) is 21.4 Å². The maximum absolute atomic E-state index is 13.7. The van der Waals surface area contributed by atoms with Gasteiger partial charge < -0.3 is 9.47 Å². The van der Waals surface area contributed by atoms with Gasteiger partial charge in [0.05, 0.1) is 10.5 Å². The molecule has 0 saturated carbocycles. The van der Waals surface area contributed by atoms with Gasteiger partial charge in [-0.3, -0.25) is 0 Å². The van der Waals surface area contributed by atoms with Gasteiger partial charge in [-0.2, -0.15) is 9.49 Å². The van der Waals surface area contributed by atoms with Crippen molar-refractivity contribution in [2.45, 2.75) is 38.5 Å². The molecule has 0 bridgehead atoms. The van der Waals surface area contributed by atoms with Crippen LogP contribution in [0.4, 0.5) is 4.39 Å². The van der Waals surface area contributed by atoms with E-state index in [1.54, 1.807) is 6.92 Å². The molecule has 0 aliphatic carbocycles. The highest BCUT2D eigenvalue weighted by Crippen LogP contribution is 2.36. The van der Waals surface area contributed by atoms with Crippen molar-refractivity contribution in [2.75, 3.05) is 6.61 Å². The third kappa shape index (κ3) is 3.81. The molecule has 1 aliphatic rings. The Hall–Kier alpha value is -1.16. The highest BCUT2D eigenvalue weighted by atomic mass is 127. The number of hydrogen-bond acceptors (Lipinski definition) is 4. The molecule has 2 atom stereocenters. The molecule has 1 saturated heterocycles. The van der Waals surface area contributed by atoms with Crippen LogP contribution in [0.15, 0.2) is 24.4 Å². The van der Waals surface area contributed by atoms with Gasteiger partial charge in [0, 0.05) is 23.8 Å². The van der Waals surface area contributed by atoms with E-state index in [9.17, 15) is 4.39 Å². The minimum absolute atomic E-state index is 0.0390. The molecule has 3 aromatic rings. The van der Waals surface area contributed by atoms with Crippen LogP contribution >= 0.6 is 45.8 Å². The average molecular weight is 536 g/mol. The van der Waals surface area contributed by atoms with Gasteiger partial charge in [-0.1, -0.05) is 23.2 Å². The molecule has 28 heavy (non-hydrogen) atoms. The molecule has 1 aliphatic heterocycles. The van der Waals surface area contributed by atoms with Crippen molar-refractivity contribution in [2.24, 2.45) is 0 Å². The molecule has 0 N–H and O–H groups in total. The lowest BCUT2D eigenvalue weighted by atomic mass is 10.1. The zero-order valence-electron chi connectivity index (χ0n) is 15.0. The summed E-state index contributed by atoms with van der Waals surface area (Å²) < 4.78 is 28.4. The second-order valence-corrected chi connectivity index (χ2v) is 8.43. The van der Waals surface area contributed by atoms with Gasteiger partial charge in [0.1, 0.15) is 20.6 Å². The highest BCUT2D eigenvalue weighted by molar-refractivity contribution is 14.1. The van der Waals surface area contributed by atoms with Crippen LogP contribution in [0.25, 0.3) is 10.9 Å². The SMILES string of the molecule is C[C@H](Oc1ccc2c(c1)c(I)nn2C1CCCCO1)c1c(Cl)cnc(F)c1Cl. The summed E-state index contributed by atoms with van der Waals surface area (Å²) in [5, 5.41) is 5.76. The monoisotopic (exact) mass is 535 g/mol. The molecule has 5 nitrogen and oxygen atoms in total. The van der Waals surface area contributed by atoms with Crippen molar-refractivity contribution in [3.63, 3.8) is 0 Å². The minimum Gasteiger partial charge on any atom is -0.486 e. The molecular formula is C19H17Cl2FIN3O2. The summed E-state index contributed by atoms with van der Waals surface area (Å²) in [6, 6.07) is 5.73. The first-order valence-electron chi connectivity index (χ1n) is 8.91. The molecule has 3 heterocycles. The van der Waals surface area contributed by atoms with Gasteiger partial charge in [0.15, 0.2) is 6.23 Å². The lowest BCUT2D eigenvalue weighted by Gasteiger charge is -2.23. The Morgan fingerprint density at radius 2 is 2.18 bits per heavy atom. The zero-order chi connectivity index (χ0) is 19.8. The number of rotatable bonds is 4. The third-order valence-electron chi connectivity index (χ3n) is 4.75. The Kier molecular flexibility index (Phi) is 5.96. The van der Waals surface area contributed by atoms with Gasteiger partial charge >= 0.3 is 0 Å². The molecule has 1 fully saturated rings. The molecule has 4 rings (SSSR count). The normalized spacial score (nSPS) is 18.4. The van der Waals surface area contributed by atoms with Crippen molar-refractivity contribution < 1.29 is 13.9 Å². The van der Waals surface area contributed by atoms with E-state index < -0.39 is 12.1 Å². The van der Waals surface area contributed by atoms with Crippen molar-refractivity contribution >= 4 is 56.7 Å². The number of hydrogen-bond donors (Lipinski definition) is 0. The summed E-state index contributed by atoms with van der Waals surface area (Å²) in [4.78, 5) is 3.52. The van der Waals surface area contributed by atoms with E-state index in [1.807, 2.05) is 22.9 Å². The van der Waals surface area contributed by atoms with Crippen LogP contribution in [0, 0.1) is 9.65 Å². The summed E-state index contributed by atoms with van der Waals surface area (Å²) in [5.74, 6) is -0.151. The van der Waals surface area contributed by atoms with Crippen LogP contribution in [-0.2, 0) is 4.74 Å². The van der Waals surface area contributed by atoms with E-state index in [-0.39, 0.29) is 16.3 Å². The average Bonchev–Trinajstić information content (AvgIpc) is 3.02. The van der Waals surface area contributed by atoms with E-state index in [1.165, 1.54) is 6.20 Å². The molecule has 1 unspecified atom stereocenters. The Bertz CT molecular complexity index is 1020. The first-order chi connectivity index (χ1) is 13.5. The number of ether oxygens (including phenoxy) is 2. The van der Waals surface area contributed by atoms with E-state index >= 15 is 0 Å². The number of nitrogens with zero attached hydrogens (tertiary/aromatic N) is 3. The van der Waals surface area contributed by atoms with Crippen LogP contribution in [0.1, 0.15) is 44.1 Å². The highest BCUT2D eigenvalue weighted by Gasteiger charge is 2.22. The van der Waals surface area contributed by atoms with E-state index in [2.05, 4.69) is 32.7 Å². The molecular weight excluding hydrogens is 519 g/mol. The largest absolute Gasteiger partial charge is 0.486 e. The molecule has 2 aromatic heterocycles. The standard InChI is InChI=1S/C19H17Cl2FIN3O2/c1-10(16-13(20)9-24-18(22)17(16)21)28-11-5-6-14-12(8-11)19(23)25-26(14)15-4-2-3-7-27-15/h5-6,8-10,15H,2-4,7H2,1H3/t10-,15?/m0/s1. The van der Waals surface area contributed by atoms with E-state index in [0.29, 0.717) is 11.3 Å². The zero-order valence-corrected chi connectivity index (χ0v) is 18.6. The Morgan fingerprint density at radius 1 is 1.36 bits per heavy atom. The Balaban J connectivity index is 1.64. The van der Waals surface area contributed by atoms with Crippen LogP contribution in [0.5, 0.6) is 5.75 Å². The lowest BCUT2D eigenvalue weighted by molar-refractivity contribution is -0.0368. The number of benzene rings is 1. The molecule has 0 spiro atoms. The number of aromatic nitrogens is 3. The van der Waals surface area contributed by atoms with Crippen molar-refractivity contribution in [3.05, 3.63) is 49.7 Å². The molecule has 0 radical (unpaired) electrons. The molecule has 148 valence electrons. The number of fused-ring (bicyclic) bond motifs is 1. The summed E-state index contributed by atoms with van der Waals surface area (Å²) in [6.07, 6.45) is 3.81. The topological polar surface area (TPSA) is 49.2 Å². The van der Waals surface area contributed by atoms with E-state index in [4.69, 9.17) is 32.7 Å². The number of halogens is 4. The van der Waals surface area contributed by atoms with Gasteiger partial charge in [-0.05, 0) is 67.0 Å². The van der Waals surface area contributed by atoms with Gasteiger partial charge in [-0.25, -0.2) is 9.67 Å². The fourth-order valence-corrected chi connectivity index (χ4v) is 4.70. The maximum Gasteiger partial charge on any atom is 0.232 e. The fraction of sp³-hybridized carbons (Fsp3) is 0.368. The van der Waals surface area contributed by atoms with E-state index in [0.717, 1.165) is 40.5 Å². The molecule has 0 amide bonds. The second-order valence-electron chi connectivity index (χ2n) is 6.62. The third-order valence-corrected chi connectivity index (χ3v) is 6.20. The lowest BCUT2D eigenvalue weighted by Crippen LogP contribution is -2.19. The predicted molar refractivity (Wildman–Crippen MR) is 115 cm³/mol. The Morgan fingerprint density at radius 3 is 2.93 bits per heavy atom. The quantitative estimate of drug-likeness (QED) is 0.290. The minimum atomic E-state index is -0.768. The summed E-state index contributed by atoms with van der Waals surface area (Å²) >= 11 is 14.4. The fourth-order valence-electron chi connectivity index (χ4n) is 3.38. The Labute approximate surface area is 185 Å². The second kappa shape index (κ2) is 8.30. The van der Waals surface area contributed by atoms with Crippen LogP contribution < -0.4 is 4.74 Å². The first kappa shape index (κ1) is 20.1. The van der Waals surface area contributed by atoms with Gasteiger partial charge in [0.2, 0.25) is 5.95 Å². The predicted octanol–water partition coefficient (Wildman–Crippen LogP) is 6.32. The number of pyridine rings is 1. The summed E-state index contributed by atoms with van der Waals surface area (Å²) in [7, 11) is 0. The van der Waals surface area contributed by atoms with Gasteiger partial charge in [0.25, 0.3) is 0 Å². The molecule has 1 aromatic carbocycles. The van der Waals surface area contributed by atoms with Crippen molar-refractivity contribution in [1.82, 2.24) is 14.8 Å². The van der Waals surface area contributed by atoms with Crippen molar-refractivity contribution in [3.8, 4) is 5.75 Å². The smallest absolute Gasteiger partial charge is 0.232 e. The summed E-state index contributed by atoms with van der Waals surface area (Å²) in [5.41, 5.74) is 1.36. The summed E-state index contributed by atoms with van der Waals surface area (Å²) in [6.45, 7) is 2.52. The van der Waals surface area contributed by atoms with Gasteiger partial charge in [-0.15, -0.1) is 0 Å². The van der Waals surface area contributed by atoms with Crippen molar-refractivity contribution in [1.29, 1.82) is 0 Å².